The third-order valence-corrected chi connectivity index (χ3v) is 3.56. The van der Waals surface area contributed by atoms with Gasteiger partial charge in [0.1, 0.15) is 5.75 Å². The Kier molecular flexibility index (Phi) is 2.73. The van der Waals surface area contributed by atoms with Gasteiger partial charge in [0.15, 0.2) is 0 Å². The minimum atomic E-state index is 0.644. The molecule has 1 unspecified atom stereocenters. The van der Waals surface area contributed by atoms with Gasteiger partial charge in [-0.25, -0.2) is 0 Å². The van der Waals surface area contributed by atoms with Crippen LogP contribution in [0.5, 0.6) is 5.75 Å². The van der Waals surface area contributed by atoms with Crippen molar-refractivity contribution in [2.75, 3.05) is 13.7 Å². The van der Waals surface area contributed by atoms with E-state index in [9.17, 15) is 0 Å². The summed E-state index contributed by atoms with van der Waals surface area (Å²) in [6.07, 6.45) is 2.38. The molecule has 1 atom stereocenters. The molecule has 0 spiro atoms. The Morgan fingerprint density at radius 1 is 1.24 bits per heavy atom. The van der Waals surface area contributed by atoms with Gasteiger partial charge in [-0.1, -0.05) is 30.3 Å². The quantitative estimate of drug-likeness (QED) is 0.870. The van der Waals surface area contributed by atoms with Crippen molar-refractivity contribution in [1.82, 2.24) is 5.32 Å². The van der Waals surface area contributed by atoms with Crippen LogP contribution < -0.4 is 10.1 Å². The van der Waals surface area contributed by atoms with Crippen molar-refractivity contribution < 1.29 is 4.74 Å². The second-order valence-corrected chi connectivity index (χ2v) is 4.62. The number of fused-ring (bicyclic) bond motifs is 1. The number of methoxy groups -OCH3 is 1. The lowest BCUT2D eigenvalue weighted by Crippen LogP contribution is -2.44. The van der Waals surface area contributed by atoms with Gasteiger partial charge in [-0.2, -0.15) is 0 Å². The van der Waals surface area contributed by atoms with E-state index < -0.39 is 0 Å². The molecule has 2 heteroatoms. The van der Waals surface area contributed by atoms with Crippen molar-refractivity contribution in [2.24, 2.45) is 0 Å². The molecule has 88 valence electrons. The van der Waals surface area contributed by atoms with Gasteiger partial charge in [0.25, 0.3) is 0 Å². The minimum Gasteiger partial charge on any atom is -0.496 e. The van der Waals surface area contributed by atoms with E-state index in [2.05, 4.69) is 29.6 Å². The Morgan fingerprint density at radius 2 is 2.00 bits per heavy atom. The summed E-state index contributed by atoms with van der Waals surface area (Å²) < 4.78 is 5.48. The molecule has 3 rings (SSSR count). The number of rotatable bonds is 3. The lowest BCUT2D eigenvalue weighted by molar-refractivity contribution is 0.369. The van der Waals surface area contributed by atoms with E-state index in [0.29, 0.717) is 6.04 Å². The van der Waals surface area contributed by atoms with Crippen LogP contribution in [0, 0.1) is 0 Å². The second-order valence-electron chi connectivity index (χ2n) is 4.62. The van der Waals surface area contributed by atoms with Crippen LogP contribution in [0.1, 0.15) is 12.0 Å². The number of ether oxygens (including phenoxy) is 1. The lowest BCUT2D eigenvalue weighted by atomic mass is 9.94. The predicted molar refractivity (Wildman–Crippen MR) is 70.6 cm³/mol. The number of benzene rings is 2. The third-order valence-electron chi connectivity index (χ3n) is 3.56. The van der Waals surface area contributed by atoms with E-state index >= 15 is 0 Å². The first-order valence-electron chi connectivity index (χ1n) is 6.16. The molecule has 1 aliphatic rings. The highest BCUT2D eigenvalue weighted by molar-refractivity contribution is 5.91. The first-order chi connectivity index (χ1) is 8.38. The van der Waals surface area contributed by atoms with Gasteiger partial charge < -0.3 is 10.1 Å². The summed E-state index contributed by atoms with van der Waals surface area (Å²) in [4.78, 5) is 0. The molecule has 2 nitrogen and oxygen atoms in total. The van der Waals surface area contributed by atoms with Crippen molar-refractivity contribution >= 4 is 10.8 Å². The molecule has 1 heterocycles. The number of hydrogen-bond acceptors (Lipinski definition) is 2. The van der Waals surface area contributed by atoms with Crippen molar-refractivity contribution in [2.45, 2.75) is 18.9 Å². The van der Waals surface area contributed by atoms with Crippen LogP contribution in [0.3, 0.4) is 0 Å². The molecule has 0 saturated carbocycles. The van der Waals surface area contributed by atoms with Crippen molar-refractivity contribution in [3.8, 4) is 5.75 Å². The maximum Gasteiger partial charge on any atom is 0.126 e. The fourth-order valence-corrected chi connectivity index (χ4v) is 2.51. The summed E-state index contributed by atoms with van der Waals surface area (Å²) in [7, 11) is 1.74. The van der Waals surface area contributed by atoms with Crippen LogP contribution in [0.4, 0.5) is 0 Å². The Labute approximate surface area is 102 Å². The molecular weight excluding hydrogens is 210 g/mol. The van der Waals surface area contributed by atoms with Crippen molar-refractivity contribution in [3.05, 3.63) is 42.0 Å². The predicted octanol–water partition coefficient (Wildman–Crippen LogP) is 2.75. The van der Waals surface area contributed by atoms with Gasteiger partial charge in [-0.3, -0.25) is 0 Å². The Hall–Kier alpha value is -1.54. The first-order valence-corrected chi connectivity index (χ1v) is 6.16. The monoisotopic (exact) mass is 227 g/mol. The van der Waals surface area contributed by atoms with E-state index in [-0.39, 0.29) is 0 Å². The van der Waals surface area contributed by atoms with Crippen LogP contribution in [0.2, 0.25) is 0 Å². The summed E-state index contributed by atoms with van der Waals surface area (Å²) in [5, 5.41) is 5.99. The molecule has 0 bridgehead atoms. The molecule has 0 aromatic heterocycles. The summed E-state index contributed by atoms with van der Waals surface area (Å²) in [6.45, 7) is 1.16. The molecule has 1 fully saturated rings. The fraction of sp³-hybridized carbons (Fsp3) is 0.333. The molecule has 2 aromatic carbocycles. The Balaban J connectivity index is 2.08. The maximum absolute atomic E-state index is 5.48. The van der Waals surface area contributed by atoms with E-state index in [1.807, 2.05) is 12.1 Å². The van der Waals surface area contributed by atoms with Gasteiger partial charge in [0, 0.05) is 11.4 Å². The second kappa shape index (κ2) is 4.38. The number of hydrogen-bond donors (Lipinski definition) is 1. The van der Waals surface area contributed by atoms with Crippen LogP contribution in [0.15, 0.2) is 36.4 Å². The van der Waals surface area contributed by atoms with Gasteiger partial charge in [-0.15, -0.1) is 0 Å². The normalized spacial score (nSPS) is 19.0. The van der Waals surface area contributed by atoms with Gasteiger partial charge in [0.2, 0.25) is 0 Å². The summed E-state index contributed by atoms with van der Waals surface area (Å²) in [5.74, 6) is 0.984. The molecule has 17 heavy (non-hydrogen) atoms. The minimum absolute atomic E-state index is 0.644. The summed E-state index contributed by atoms with van der Waals surface area (Å²) in [5.41, 5.74) is 1.39. The molecule has 1 N–H and O–H groups in total. The summed E-state index contributed by atoms with van der Waals surface area (Å²) in [6, 6.07) is 13.4. The molecule has 0 radical (unpaired) electrons. The van der Waals surface area contributed by atoms with Gasteiger partial charge in [0.05, 0.1) is 7.11 Å². The Bertz CT molecular complexity index is 526. The zero-order chi connectivity index (χ0) is 11.7. The van der Waals surface area contributed by atoms with Crippen LogP contribution in [-0.2, 0) is 6.42 Å². The first kappa shape index (κ1) is 10.6. The largest absolute Gasteiger partial charge is 0.496 e. The molecule has 0 aliphatic carbocycles. The zero-order valence-corrected chi connectivity index (χ0v) is 10.1. The summed E-state index contributed by atoms with van der Waals surface area (Å²) >= 11 is 0. The lowest BCUT2D eigenvalue weighted by Gasteiger charge is -2.28. The van der Waals surface area contributed by atoms with E-state index in [1.165, 1.54) is 22.8 Å². The highest BCUT2D eigenvalue weighted by Crippen LogP contribution is 2.30. The SMILES string of the molecule is COc1cccc2cccc(CC3CCN3)c12. The van der Waals surface area contributed by atoms with Gasteiger partial charge >= 0.3 is 0 Å². The number of nitrogens with one attached hydrogen (secondary N) is 1. The maximum atomic E-state index is 5.48. The van der Waals surface area contributed by atoms with Crippen LogP contribution in [-0.4, -0.2) is 19.7 Å². The Morgan fingerprint density at radius 3 is 2.65 bits per heavy atom. The van der Waals surface area contributed by atoms with Crippen molar-refractivity contribution in [3.63, 3.8) is 0 Å². The van der Waals surface area contributed by atoms with E-state index in [1.54, 1.807) is 7.11 Å². The van der Waals surface area contributed by atoms with Crippen LogP contribution >= 0.6 is 0 Å². The average Bonchev–Trinajstić information content (AvgIpc) is 2.33. The van der Waals surface area contributed by atoms with Gasteiger partial charge in [-0.05, 0) is 36.4 Å². The van der Waals surface area contributed by atoms with Crippen LogP contribution in [0.25, 0.3) is 10.8 Å². The standard InChI is InChI=1S/C15H17NO/c1-17-14-7-3-5-11-4-2-6-12(15(11)14)10-13-8-9-16-13/h2-7,13,16H,8-10H2,1H3. The molecule has 1 saturated heterocycles. The topological polar surface area (TPSA) is 21.3 Å². The highest BCUT2D eigenvalue weighted by atomic mass is 16.5. The molecule has 2 aromatic rings. The molecular formula is C15H17NO. The average molecular weight is 227 g/mol. The fourth-order valence-electron chi connectivity index (χ4n) is 2.51. The third kappa shape index (κ3) is 1.89. The van der Waals surface area contributed by atoms with Crippen molar-refractivity contribution in [1.29, 1.82) is 0 Å². The molecule has 1 aliphatic heterocycles. The van der Waals surface area contributed by atoms with E-state index in [4.69, 9.17) is 4.74 Å². The van der Waals surface area contributed by atoms with E-state index in [0.717, 1.165) is 18.7 Å². The smallest absolute Gasteiger partial charge is 0.126 e. The molecule has 0 amide bonds. The zero-order valence-electron chi connectivity index (χ0n) is 10.1. The highest BCUT2D eigenvalue weighted by Gasteiger charge is 2.18.